The van der Waals surface area contributed by atoms with Crippen LogP contribution >= 0.6 is 0 Å². The third-order valence-electron chi connectivity index (χ3n) is 9.40. The average Bonchev–Trinajstić information content (AvgIpc) is 2.88. The molecule has 0 amide bonds. The topological polar surface area (TPSA) is 76.5 Å². The molecule has 8 atom stereocenters. The fourth-order valence-corrected chi connectivity index (χ4v) is 7.40. The van der Waals surface area contributed by atoms with Gasteiger partial charge in [-0.05, 0) is 116 Å². The van der Waals surface area contributed by atoms with E-state index in [-0.39, 0.29) is 29.8 Å². The Labute approximate surface area is 214 Å². The molecule has 3 bridgehead atoms. The summed E-state index contributed by atoms with van der Waals surface area (Å²) < 4.78 is 6.25. The van der Waals surface area contributed by atoms with Gasteiger partial charge in [-0.2, -0.15) is 0 Å². The Balaban J connectivity index is 1.24. The summed E-state index contributed by atoms with van der Waals surface area (Å²) in [4.78, 5) is 28.7. The van der Waals surface area contributed by atoms with Crippen LogP contribution in [0.2, 0.25) is 0 Å². The molecule has 1 heterocycles. The summed E-state index contributed by atoms with van der Waals surface area (Å²) in [6, 6.07) is 11.2. The third kappa shape index (κ3) is 5.50. The van der Waals surface area contributed by atoms with Gasteiger partial charge < -0.3 is 9.84 Å². The van der Waals surface area contributed by atoms with Gasteiger partial charge in [0, 0.05) is 12.4 Å². The van der Waals surface area contributed by atoms with Crippen LogP contribution in [-0.2, 0) is 9.53 Å². The quantitative estimate of drug-likeness (QED) is 0.390. The fourth-order valence-electron chi connectivity index (χ4n) is 7.40. The maximum atomic E-state index is 13.3. The first-order valence-corrected chi connectivity index (χ1v) is 13.8. The second kappa shape index (κ2) is 10.7. The smallest absolute Gasteiger partial charge is 0.335 e. The van der Waals surface area contributed by atoms with Gasteiger partial charge in [0.1, 0.15) is 6.10 Å². The van der Waals surface area contributed by atoms with Crippen molar-refractivity contribution in [3.8, 4) is 0 Å². The number of hydrogen-bond donors (Lipinski definition) is 1. The molecule has 8 unspecified atom stereocenters. The Morgan fingerprint density at radius 2 is 1.61 bits per heavy atom. The van der Waals surface area contributed by atoms with E-state index in [9.17, 15) is 14.7 Å². The number of carboxylic acids is 1. The van der Waals surface area contributed by atoms with Gasteiger partial charge in [0.15, 0.2) is 0 Å². The zero-order valence-corrected chi connectivity index (χ0v) is 21.5. The van der Waals surface area contributed by atoms with Gasteiger partial charge in [0.2, 0.25) is 0 Å². The van der Waals surface area contributed by atoms with Gasteiger partial charge in [0.05, 0.1) is 11.5 Å². The number of rotatable bonds is 9. The normalized spacial score (nSPS) is 29.2. The predicted octanol–water partition coefficient (Wildman–Crippen LogP) is 6.84. The minimum Gasteiger partial charge on any atom is -0.478 e. The molecule has 5 rings (SSSR count). The van der Waals surface area contributed by atoms with Crippen LogP contribution in [0.1, 0.15) is 98.5 Å². The molecule has 192 valence electrons. The summed E-state index contributed by atoms with van der Waals surface area (Å²) in [5.41, 5.74) is 2.59. The van der Waals surface area contributed by atoms with E-state index in [1.54, 1.807) is 12.1 Å². The van der Waals surface area contributed by atoms with Crippen LogP contribution < -0.4 is 0 Å². The van der Waals surface area contributed by atoms with Crippen LogP contribution in [0.25, 0.3) is 0 Å². The molecule has 2 aromatic rings. The van der Waals surface area contributed by atoms with Gasteiger partial charge in [-0.1, -0.05) is 32.4 Å². The van der Waals surface area contributed by atoms with Gasteiger partial charge in [-0.3, -0.25) is 9.78 Å². The van der Waals surface area contributed by atoms with E-state index in [1.807, 2.05) is 43.6 Å². The molecule has 3 aliphatic carbocycles. The summed E-state index contributed by atoms with van der Waals surface area (Å²) in [5.74, 6) is 2.32. The third-order valence-corrected chi connectivity index (χ3v) is 9.40. The lowest BCUT2D eigenvalue weighted by atomic mass is 9.57. The lowest BCUT2D eigenvalue weighted by Gasteiger charge is -2.51. The van der Waals surface area contributed by atoms with Crippen molar-refractivity contribution >= 4 is 11.9 Å². The van der Waals surface area contributed by atoms with Crippen LogP contribution in [0.3, 0.4) is 0 Å². The molecule has 1 aromatic carbocycles. The van der Waals surface area contributed by atoms with Crippen molar-refractivity contribution in [2.45, 2.75) is 83.2 Å². The first-order valence-electron chi connectivity index (χ1n) is 13.8. The number of carboxylic acid groups (broad SMARTS) is 1. The SMILES string of the molecule is CC(CC(CC(C)c1ccc(C(=O)O)cc1)c1ccncc1)C(=O)OC1CC2CCC3CC2CC1C3. The van der Waals surface area contributed by atoms with E-state index in [1.165, 1.54) is 37.7 Å². The predicted molar refractivity (Wildman–Crippen MR) is 139 cm³/mol. The van der Waals surface area contributed by atoms with Crippen molar-refractivity contribution in [3.63, 3.8) is 0 Å². The van der Waals surface area contributed by atoms with Gasteiger partial charge >= 0.3 is 11.9 Å². The van der Waals surface area contributed by atoms with Gasteiger partial charge in [-0.15, -0.1) is 0 Å². The Bertz CT molecular complexity index is 1050. The number of carbonyl (C=O) groups is 2. The zero-order valence-electron chi connectivity index (χ0n) is 21.5. The highest BCUT2D eigenvalue weighted by Gasteiger charge is 2.46. The lowest BCUT2D eigenvalue weighted by Crippen LogP contribution is -2.46. The summed E-state index contributed by atoms with van der Waals surface area (Å²) in [7, 11) is 0. The average molecular weight is 490 g/mol. The number of pyridine rings is 1. The number of benzene rings is 1. The van der Waals surface area contributed by atoms with E-state index in [0.717, 1.165) is 42.6 Å². The Kier molecular flexibility index (Phi) is 7.45. The van der Waals surface area contributed by atoms with Crippen LogP contribution in [0, 0.1) is 29.6 Å². The van der Waals surface area contributed by atoms with Crippen molar-refractivity contribution < 1.29 is 19.4 Å². The highest BCUT2D eigenvalue weighted by Crippen LogP contribution is 2.53. The molecule has 0 saturated heterocycles. The molecule has 5 heteroatoms. The van der Waals surface area contributed by atoms with Gasteiger partial charge in [-0.25, -0.2) is 4.79 Å². The lowest BCUT2D eigenvalue weighted by molar-refractivity contribution is -0.165. The van der Waals surface area contributed by atoms with Crippen molar-refractivity contribution in [1.82, 2.24) is 4.98 Å². The molecule has 3 fully saturated rings. The van der Waals surface area contributed by atoms with E-state index < -0.39 is 5.97 Å². The second-order valence-corrected chi connectivity index (χ2v) is 11.8. The molecule has 3 saturated carbocycles. The van der Waals surface area contributed by atoms with Crippen molar-refractivity contribution in [3.05, 3.63) is 65.5 Å². The van der Waals surface area contributed by atoms with Gasteiger partial charge in [0.25, 0.3) is 0 Å². The zero-order chi connectivity index (χ0) is 25.2. The highest BCUT2D eigenvalue weighted by atomic mass is 16.5. The maximum Gasteiger partial charge on any atom is 0.335 e. The van der Waals surface area contributed by atoms with Crippen LogP contribution in [0.15, 0.2) is 48.8 Å². The van der Waals surface area contributed by atoms with Crippen molar-refractivity contribution in [2.24, 2.45) is 29.6 Å². The number of nitrogens with zero attached hydrogens (tertiary/aromatic N) is 1. The highest BCUT2D eigenvalue weighted by molar-refractivity contribution is 5.87. The number of aromatic nitrogens is 1. The van der Waals surface area contributed by atoms with Crippen LogP contribution in [0.5, 0.6) is 0 Å². The maximum absolute atomic E-state index is 13.3. The summed E-state index contributed by atoms with van der Waals surface area (Å²) in [5, 5.41) is 9.21. The number of ether oxygens (including phenoxy) is 1. The fraction of sp³-hybridized carbons (Fsp3) is 0.581. The Hall–Kier alpha value is -2.69. The molecule has 1 aromatic heterocycles. The number of hydrogen-bond acceptors (Lipinski definition) is 4. The number of esters is 1. The summed E-state index contributed by atoms with van der Waals surface area (Å²) >= 11 is 0. The van der Waals surface area contributed by atoms with Crippen LogP contribution in [0.4, 0.5) is 0 Å². The molecule has 5 nitrogen and oxygen atoms in total. The van der Waals surface area contributed by atoms with E-state index in [4.69, 9.17) is 4.74 Å². The molecule has 1 N–H and O–H groups in total. The van der Waals surface area contributed by atoms with E-state index >= 15 is 0 Å². The minimum absolute atomic E-state index is 0.0441. The molecular formula is C31H39NO4. The molecule has 3 aliphatic rings. The van der Waals surface area contributed by atoms with E-state index in [2.05, 4.69) is 11.9 Å². The monoisotopic (exact) mass is 489 g/mol. The van der Waals surface area contributed by atoms with E-state index in [0.29, 0.717) is 11.5 Å². The molecule has 0 spiro atoms. The Morgan fingerprint density at radius 1 is 0.889 bits per heavy atom. The summed E-state index contributed by atoms with van der Waals surface area (Å²) in [6.07, 6.45) is 13.0. The molecule has 0 radical (unpaired) electrons. The standard InChI is InChI=1S/C31H39NO4/c1-19(22-5-7-24(8-6-22)30(33)34)13-26(23-9-11-32-12-10-23)14-20(2)31(35)36-29-18-25-4-3-21-15-27(25)17-28(29)16-21/h5-12,19-21,25-29H,3-4,13-18H2,1-2H3,(H,33,34). The number of carbonyl (C=O) groups excluding carboxylic acids is 1. The number of fused-ring (bicyclic) bond motifs is 2. The molecule has 0 aliphatic heterocycles. The van der Waals surface area contributed by atoms with Crippen LogP contribution in [-0.4, -0.2) is 28.1 Å². The second-order valence-electron chi connectivity index (χ2n) is 11.8. The first-order chi connectivity index (χ1) is 17.4. The molecular weight excluding hydrogens is 450 g/mol. The Morgan fingerprint density at radius 3 is 2.33 bits per heavy atom. The summed E-state index contributed by atoms with van der Waals surface area (Å²) in [6.45, 7) is 4.19. The molecule has 36 heavy (non-hydrogen) atoms. The largest absolute Gasteiger partial charge is 0.478 e. The number of aromatic carboxylic acids is 1. The first kappa shape index (κ1) is 25.0. The van der Waals surface area contributed by atoms with Crippen molar-refractivity contribution in [1.29, 1.82) is 0 Å². The minimum atomic E-state index is -0.911. The van der Waals surface area contributed by atoms with Crippen molar-refractivity contribution in [2.75, 3.05) is 0 Å².